The summed E-state index contributed by atoms with van der Waals surface area (Å²) in [5, 5.41) is 2.74. The maximum Gasteiger partial charge on any atom is 0.416 e. The van der Waals surface area contributed by atoms with Crippen molar-refractivity contribution in [2.75, 3.05) is 11.1 Å². The fourth-order valence-electron chi connectivity index (χ4n) is 1.86. The van der Waals surface area contributed by atoms with Crippen LogP contribution in [0.15, 0.2) is 42.5 Å². The number of halogens is 4. The molecule has 2 rings (SSSR count). The molecule has 0 atom stereocenters. The molecule has 106 valence electrons. The Kier molecular flexibility index (Phi) is 3.83. The van der Waals surface area contributed by atoms with E-state index in [0.29, 0.717) is 5.69 Å². The van der Waals surface area contributed by atoms with Gasteiger partial charge in [0.25, 0.3) is 0 Å². The van der Waals surface area contributed by atoms with Gasteiger partial charge in [-0.1, -0.05) is 18.2 Å². The molecule has 0 amide bonds. The smallest absolute Gasteiger partial charge is 0.399 e. The van der Waals surface area contributed by atoms with Crippen LogP contribution in [0.1, 0.15) is 11.1 Å². The average molecular weight is 284 g/mol. The van der Waals surface area contributed by atoms with E-state index >= 15 is 0 Å². The van der Waals surface area contributed by atoms with Crippen LogP contribution in [0.2, 0.25) is 0 Å². The summed E-state index contributed by atoms with van der Waals surface area (Å²) in [7, 11) is 0. The van der Waals surface area contributed by atoms with Crippen molar-refractivity contribution in [3.63, 3.8) is 0 Å². The number of nitrogen functional groups attached to an aromatic ring is 1. The SMILES string of the molecule is Nc1cc(F)cc(NCc2ccccc2C(F)(F)F)c1. The number of rotatable bonds is 3. The summed E-state index contributed by atoms with van der Waals surface area (Å²) in [6.07, 6.45) is -4.42. The predicted molar refractivity (Wildman–Crippen MR) is 69.6 cm³/mol. The minimum absolute atomic E-state index is 0.0709. The summed E-state index contributed by atoms with van der Waals surface area (Å²) in [6, 6.07) is 8.99. The second-order valence-electron chi connectivity index (χ2n) is 4.28. The van der Waals surface area contributed by atoms with Gasteiger partial charge in [0.15, 0.2) is 0 Å². The van der Waals surface area contributed by atoms with Gasteiger partial charge in [-0.3, -0.25) is 0 Å². The monoisotopic (exact) mass is 284 g/mol. The summed E-state index contributed by atoms with van der Waals surface area (Å²) >= 11 is 0. The minimum atomic E-state index is -4.42. The first kappa shape index (κ1) is 14.2. The van der Waals surface area contributed by atoms with Crippen molar-refractivity contribution in [3.8, 4) is 0 Å². The highest BCUT2D eigenvalue weighted by Crippen LogP contribution is 2.32. The van der Waals surface area contributed by atoms with Gasteiger partial charge in [-0.05, 0) is 29.8 Å². The van der Waals surface area contributed by atoms with Crippen LogP contribution in [-0.4, -0.2) is 0 Å². The molecule has 20 heavy (non-hydrogen) atoms. The molecule has 0 aliphatic rings. The highest BCUT2D eigenvalue weighted by molar-refractivity contribution is 5.55. The molecule has 0 heterocycles. The van der Waals surface area contributed by atoms with Crippen LogP contribution in [0.25, 0.3) is 0 Å². The summed E-state index contributed by atoms with van der Waals surface area (Å²) < 4.78 is 51.5. The van der Waals surface area contributed by atoms with Gasteiger partial charge in [0.1, 0.15) is 5.82 Å². The van der Waals surface area contributed by atoms with E-state index in [1.54, 1.807) is 0 Å². The fourth-order valence-corrected chi connectivity index (χ4v) is 1.86. The van der Waals surface area contributed by atoms with E-state index < -0.39 is 17.6 Å². The van der Waals surface area contributed by atoms with Crippen LogP contribution >= 0.6 is 0 Å². The highest BCUT2D eigenvalue weighted by Gasteiger charge is 2.32. The Morgan fingerprint density at radius 1 is 1.05 bits per heavy atom. The summed E-state index contributed by atoms with van der Waals surface area (Å²) in [6.45, 7) is -0.0709. The first-order chi connectivity index (χ1) is 9.36. The van der Waals surface area contributed by atoms with Gasteiger partial charge in [0.2, 0.25) is 0 Å². The van der Waals surface area contributed by atoms with E-state index in [4.69, 9.17) is 5.73 Å². The van der Waals surface area contributed by atoms with E-state index in [1.165, 1.54) is 30.3 Å². The zero-order valence-electron chi connectivity index (χ0n) is 10.3. The number of nitrogens with two attached hydrogens (primary N) is 1. The summed E-state index contributed by atoms with van der Waals surface area (Å²) in [4.78, 5) is 0. The minimum Gasteiger partial charge on any atom is -0.399 e. The Bertz CT molecular complexity index is 588. The molecule has 0 saturated heterocycles. The Hall–Kier alpha value is -2.24. The van der Waals surface area contributed by atoms with Crippen LogP contribution in [0, 0.1) is 5.82 Å². The van der Waals surface area contributed by atoms with Crippen molar-refractivity contribution in [1.29, 1.82) is 0 Å². The first-order valence-corrected chi connectivity index (χ1v) is 5.81. The molecular formula is C14H12F4N2. The lowest BCUT2D eigenvalue weighted by atomic mass is 10.1. The molecule has 6 heteroatoms. The molecule has 0 saturated carbocycles. The molecule has 2 aromatic rings. The van der Waals surface area contributed by atoms with Crippen LogP contribution in [0.3, 0.4) is 0 Å². The van der Waals surface area contributed by atoms with Crippen LogP contribution in [-0.2, 0) is 12.7 Å². The van der Waals surface area contributed by atoms with E-state index in [9.17, 15) is 17.6 Å². The van der Waals surface area contributed by atoms with Gasteiger partial charge in [0.05, 0.1) is 5.56 Å². The van der Waals surface area contributed by atoms with Gasteiger partial charge in [-0.25, -0.2) is 4.39 Å². The number of hydrogen-bond donors (Lipinski definition) is 2. The molecule has 0 radical (unpaired) electrons. The Morgan fingerprint density at radius 2 is 1.75 bits per heavy atom. The second-order valence-corrected chi connectivity index (χ2v) is 4.28. The molecule has 3 N–H and O–H groups in total. The third-order valence-electron chi connectivity index (χ3n) is 2.73. The van der Waals surface area contributed by atoms with Gasteiger partial charge in [0, 0.05) is 17.9 Å². The largest absolute Gasteiger partial charge is 0.416 e. The molecule has 0 fully saturated rings. The molecule has 0 aromatic heterocycles. The second kappa shape index (κ2) is 5.40. The molecular weight excluding hydrogens is 272 g/mol. The van der Waals surface area contributed by atoms with Gasteiger partial charge in [-0.2, -0.15) is 13.2 Å². The van der Waals surface area contributed by atoms with Crippen molar-refractivity contribution in [2.45, 2.75) is 12.7 Å². The summed E-state index contributed by atoms with van der Waals surface area (Å²) in [5.74, 6) is -0.545. The summed E-state index contributed by atoms with van der Waals surface area (Å²) in [5.41, 5.74) is 5.38. The Morgan fingerprint density at radius 3 is 2.40 bits per heavy atom. The Labute approximate surface area is 113 Å². The predicted octanol–water partition coefficient (Wildman–Crippen LogP) is 4.04. The number of nitrogens with one attached hydrogen (secondary N) is 1. The Balaban J connectivity index is 2.19. The van der Waals surface area contributed by atoms with E-state index in [2.05, 4.69) is 5.32 Å². The van der Waals surface area contributed by atoms with E-state index in [1.807, 2.05) is 0 Å². The molecule has 2 nitrogen and oxygen atoms in total. The fraction of sp³-hybridized carbons (Fsp3) is 0.143. The molecule has 0 aliphatic heterocycles. The topological polar surface area (TPSA) is 38.0 Å². The van der Waals surface area contributed by atoms with Gasteiger partial charge >= 0.3 is 6.18 Å². The van der Waals surface area contributed by atoms with Crippen molar-refractivity contribution < 1.29 is 17.6 Å². The molecule has 0 spiro atoms. The van der Waals surface area contributed by atoms with Crippen molar-refractivity contribution >= 4 is 11.4 Å². The lowest BCUT2D eigenvalue weighted by Gasteiger charge is -2.14. The lowest BCUT2D eigenvalue weighted by molar-refractivity contribution is -0.138. The van der Waals surface area contributed by atoms with Crippen molar-refractivity contribution in [2.24, 2.45) is 0 Å². The van der Waals surface area contributed by atoms with Crippen LogP contribution in [0.5, 0.6) is 0 Å². The maximum absolute atomic E-state index is 13.1. The van der Waals surface area contributed by atoms with E-state index in [-0.39, 0.29) is 17.8 Å². The van der Waals surface area contributed by atoms with Crippen LogP contribution < -0.4 is 11.1 Å². The maximum atomic E-state index is 13.1. The third-order valence-corrected chi connectivity index (χ3v) is 2.73. The number of hydrogen-bond acceptors (Lipinski definition) is 2. The zero-order chi connectivity index (χ0) is 14.8. The van der Waals surface area contributed by atoms with Gasteiger partial charge < -0.3 is 11.1 Å². The number of alkyl halides is 3. The zero-order valence-corrected chi connectivity index (χ0v) is 10.3. The standard InChI is InChI=1S/C14H12F4N2/c15-10-5-11(19)7-12(6-10)20-8-9-3-1-2-4-13(9)14(16,17)18/h1-7,20H,8,19H2. The molecule has 0 bridgehead atoms. The molecule has 0 aliphatic carbocycles. The highest BCUT2D eigenvalue weighted by atomic mass is 19.4. The van der Waals surface area contributed by atoms with Gasteiger partial charge in [-0.15, -0.1) is 0 Å². The number of benzene rings is 2. The third kappa shape index (κ3) is 3.40. The van der Waals surface area contributed by atoms with Crippen molar-refractivity contribution in [1.82, 2.24) is 0 Å². The quantitative estimate of drug-likeness (QED) is 0.659. The number of anilines is 2. The molecule has 2 aromatic carbocycles. The lowest BCUT2D eigenvalue weighted by Crippen LogP contribution is -2.11. The molecule has 0 unspecified atom stereocenters. The van der Waals surface area contributed by atoms with Crippen LogP contribution in [0.4, 0.5) is 28.9 Å². The average Bonchev–Trinajstić information content (AvgIpc) is 2.34. The van der Waals surface area contributed by atoms with E-state index in [0.717, 1.165) is 12.1 Å². The normalized spacial score (nSPS) is 11.4. The first-order valence-electron chi connectivity index (χ1n) is 5.81. The van der Waals surface area contributed by atoms with Crippen molar-refractivity contribution in [3.05, 3.63) is 59.4 Å².